The maximum atomic E-state index is 12.3. The number of nitrogens with zero attached hydrogens (tertiary/aromatic N) is 1. The first-order chi connectivity index (χ1) is 17.2. The number of para-hydroxylation sites is 1. The summed E-state index contributed by atoms with van der Waals surface area (Å²) in [6.07, 6.45) is 4.16. The average molecular weight is 470 g/mol. The molecule has 1 aromatic heterocycles. The maximum Gasteiger partial charge on any atom is 0.273 e. The van der Waals surface area contributed by atoms with E-state index in [-0.39, 0.29) is 23.2 Å². The quantitative estimate of drug-likeness (QED) is 0.243. The van der Waals surface area contributed by atoms with Crippen LogP contribution in [0.3, 0.4) is 0 Å². The molecule has 3 N–H and O–H groups in total. The van der Waals surface area contributed by atoms with Crippen LogP contribution in [0.15, 0.2) is 95.6 Å². The first kappa shape index (κ1) is 24.2. The van der Waals surface area contributed by atoms with Crippen molar-refractivity contribution in [2.75, 3.05) is 19.6 Å². The van der Waals surface area contributed by atoms with E-state index in [9.17, 15) is 9.90 Å². The van der Waals surface area contributed by atoms with Gasteiger partial charge in [0.25, 0.3) is 5.91 Å². The molecule has 1 amide bonds. The topological polar surface area (TPSA) is 87.4 Å². The number of amides is 1. The summed E-state index contributed by atoms with van der Waals surface area (Å²) < 4.78 is 5.37. The van der Waals surface area contributed by atoms with Gasteiger partial charge in [0.1, 0.15) is 12.0 Å². The second kappa shape index (κ2) is 12.5. The zero-order valence-electron chi connectivity index (χ0n) is 19.7. The third-order valence-electron chi connectivity index (χ3n) is 5.95. The normalized spacial score (nSPS) is 11.0. The molecule has 0 saturated carbocycles. The molecule has 6 nitrogen and oxygen atoms in total. The summed E-state index contributed by atoms with van der Waals surface area (Å²) in [5.41, 5.74) is 3.33. The Morgan fingerprint density at radius 3 is 2.14 bits per heavy atom. The maximum absolute atomic E-state index is 12.3. The van der Waals surface area contributed by atoms with Crippen LogP contribution in [0.4, 0.5) is 0 Å². The third kappa shape index (κ3) is 6.80. The van der Waals surface area contributed by atoms with Gasteiger partial charge >= 0.3 is 0 Å². The van der Waals surface area contributed by atoms with Crippen LogP contribution in [0.1, 0.15) is 46.8 Å². The van der Waals surface area contributed by atoms with Crippen molar-refractivity contribution in [3.05, 3.63) is 108 Å². The molecule has 0 spiro atoms. The minimum atomic E-state index is -0.281. The number of oxazole rings is 1. The summed E-state index contributed by atoms with van der Waals surface area (Å²) in [4.78, 5) is 16.5. The van der Waals surface area contributed by atoms with Gasteiger partial charge < -0.3 is 20.2 Å². The minimum absolute atomic E-state index is 0.0627. The molecular weight excluding hydrogens is 438 g/mol. The third-order valence-corrected chi connectivity index (χ3v) is 5.95. The molecule has 35 heavy (non-hydrogen) atoms. The van der Waals surface area contributed by atoms with Crippen molar-refractivity contribution in [3.63, 3.8) is 0 Å². The van der Waals surface area contributed by atoms with E-state index in [1.807, 2.05) is 0 Å². The van der Waals surface area contributed by atoms with Crippen LogP contribution in [-0.4, -0.2) is 35.6 Å². The van der Waals surface area contributed by atoms with Crippen LogP contribution in [-0.2, 0) is 0 Å². The molecule has 6 heteroatoms. The van der Waals surface area contributed by atoms with Crippen molar-refractivity contribution >= 4 is 5.91 Å². The van der Waals surface area contributed by atoms with Crippen molar-refractivity contribution in [1.82, 2.24) is 15.6 Å². The van der Waals surface area contributed by atoms with Crippen LogP contribution in [0, 0.1) is 0 Å². The summed E-state index contributed by atoms with van der Waals surface area (Å²) in [6, 6.07) is 28.0. The van der Waals surface area contributed by atoms with Gasteiger partial charge in [-0.25, -0.2) is 4.98 Å². The number of nitrogens with one attached hydrogen (secondary N) is 2. The lowest BCUT2D eigenvalue weighted by Crippen LogP contribution is -2.26. The summed E-state index contributed by atoms with van der Waals surface area (Å²) >= 11 is 0. The van der Waals surface area contributed by atoms with E-state index in [1.54, 1.807) is 24.3 Å². The smallest absolute Gasteiger partial charge is 0.273 e. The van der Waals surface area contributed by atoms with Gasteiger partial charge in [0.05, 0.1) is 5.56 Å². The lowest BCUT2D eigenvalue weighted by molar-refractivity contribution is 0.0948. The molecule has 0 aliphatic heterocycles. The van der Waals surface area contributed by atoms with Gasteiger partial charge in [-0.2, -0.15) is 0 Å². The van der Waals surface area contributed by atoms with Gasteiger partial charge in [0, 0.05) is 12.5 Å². The van der Waals surface area contributed by atoms with Crippen molar-refractivity contribution in [3.8, 4) is 17.2 Å². The molecule has 0 aliphatic carbocycles. The Labute approximate surface area is 206 Å². The first-order valence-corrected chi connectivity index (χ1v) is 12.0. The molecule has 0 radical (unpaired) electrons. The summed E-state index contributed by atoms with van der Waals surface area (Å²) in [6.45, 7) is 2.39. The lowest BCUT2D eigenvalue weighted by Gasteiger charge is -2.18. The Hall–Kier alpha value is -3.90. The van der Waals surface area contributed by atoms with Crippen molar-refractivity contribution in [2.24, 2.45) is 0 Å². The molecule has 4 rings (SSSR count). The number of hydrogen-bond acceptors (Lipinski definition) is 5. The Morgan fingerprint density at radius 1 is 0.829 bits per heavy atom. The highest BCUT2D eigenvalue weighted by molar-refractivity contribution is 5.92. The van der Waals surface area contributed by atoms with Gasteiger partial charge in [-0.15, -0.1) is 0 Å². The zero-order chi connectivity index (χ0) is 24.3. The zero-order valence-corrected chi connectivity index (χ0v) is 19.7. The number of carbonyl (C=O) groups excluding carboxylic acids is 1. The number of rotatable bonds is 12. The monoisotopic (exact) mass is 469 g/mol. The Kier molecular flexibility index (Phi) is 8.68. The van der Waals surface area contributed by atoms with Gasteiger partial charge in [-0.1, -0.05) is 72.8 Å². The van der Waals surface area contributed by atoms with Gasteiger partial charge in [0.2, 0.25) is 5.89 Å². The van der Waals surface area contributed by atoms with Crippen LogP contribution in [0.25, 0.3) is 11.5 Å². The summed E-state index contributed by atoms with van der Waals surface area (Å²) in [7, 11) is 0. The van der Waals surface area contributed by atoms with Gasteiger partial charge in [-0.05, 0) is 55.6 Å². The molecule has 180 valence electrons. The second-order valence-electron chi connectivity index (χ2n) is 8.43. The van der Waals surface area contributed by atoms with Gasteiger partial charge in [0.15, 0.2) is 5.69 Å². The number of aromatic hydroxyl groups is 1. The first-order valence-electron chi connectivity index (χ1n) is 12.0. The van der Waals surface area contributed by atoms with E-state index in [2.05, 4.69) is 76.3 Å². The van der Waals surface area contributed by atoms with E-state index in [0.29, 0.717) is 18.0 Å². The number of unbranched alkanes of at least 4 members (excludes halogenated alkanes) is 1. The molecular formula is C29H31N3O3. The fourth-order valence-electron chi connectivity index (χ4n) is 4.09. The highest BCUT2D eigenvalue weighted by Gasteiger charge is 2.15. The van der Waals surface area contributed by atoms with Crippen molar-refractivity contribution in [2.45, 2.75) is 25.2 Å². The molecule has 1 heterocycles. The molecule has 0 atom stereocenters. The highest BCUT2D eigenvalue weighted by Crippen LogP contribution is 2.28. The Bertz CT molecular complexity index is 1150. The summed E-state index contributed by atoms with van der Waals surface area (Å²) in [5.74, 6) is 0.376. The van der Waals surface area contributed by atoms with E-state index in [0.717, 1.165) is 32.4 Å². The Balaban J connectivity index is 1.15. The molecule has 0 aliphatic rings. The lowest BCUT2D eigenvalue weighted by atomic mass is 9.88. The number of carbonyl (C=O) groups is 1. The SMILES string of the molecule is O=C(NCCCCNCCC(c1ccccc1)c1ccccc1)c1coc(-c2ccccc2O)n1. The minimum Gasteiger partial charge on any atom is -0.507 e. The van der Waals surface area contributed by atoms with Crippen LogP contribution >= 0.6 is 0 Å². The molecule has 3 aromatic carbocycles. The van der Waals surface area contributed by atoms with Crippen LogP contribution in [0.5, 0.6) is 5.75 Å². The Morgan fingerprint density at radius 2 is 1.46 bits per heavy atom. The molecule has 4 aromatic rings. The standard InChI is InChI=1S/C29H31N3O3/c33-27-16-8-7-15-25(27)29-32-26(21-35-29)28(34)31-19-10-9-18-30-20-17-24(22-11-3-1-4-12-22)23-13-5-2-6-14-23/h1-8,11-16,21,24,30,33H,9-10,17-20H2,(H,31,34). The van der Waals surface area contributed by atoms with E-state index < -0.39 is 0 Å². The molecule has 0 bridgehead atoms. The average Bonchev–Trinajstić information content (AvgIpc) is 3.39. The van der Waals surface area contributed by atoms with E-state index >= 15 is 0 Å². The molecule has 0 unspecified atom stereocenters. The predicted octanol–water partition coefficient (Wildman–Crippen LogP) is 5.37. The highest BCUT2D eigenvalue weighted by atomic mass is 16.3. The predicted molar refractivity (Wildman–Crippen MR) is 137 cm³/mol. The number of phenols is 1. The fraction of sp³-hybridized carbons (Fsp3) is 0.241. The van der Waals surface area contributed by atoms with Crippen molar-refractivity contribution in [1.29, 1.82) is 0 Å². The van der Waals surface area contributed by atoms with Crippen LogP contribution in [0.2, 0.25) is 0 Å². The van der Waals surface area contributed by atoms with Gasteiger partial charge in [-0.3, -0.25) is 4.79 Å². The fourth-order valence-corrected chi connectivity index (χ4v) is 4.09. The number of hydrogen-bond donors (Lipinski definition) is 3. The summed E-state index contributed by atoms with van der Waals surface area (Å²) in [5, 5.41) is 16.3. The van der Waals surface area contributed by atoms with E-state index in [1.165, 1.54) is 17.4 Å². The van der Waals surface area contributed by atoms with Crippen molar-refractivity contribution < 1.29 is 14.3 Å². The number of aromatic nitrogens is 1. The largest absolute Gasteiger partial charge is 0.507 e. The number of phenolic OH excluding ortho intramolecular Hbond substituents is 1. The van der Waals surface area contributed by atoms with Crippen LogP contribution < -0.4 is 10.6 Å². The molecule has 0 saturated heterocycles. The van der Waals surface area contributed by atoms with E-state index in [4.69, 9.17) is 4.42 Å². The molecule has 0 fully saturated rings. The number of benzene rings is 3. The second-order valence-corrected chi connectivity index (χ2v) is 8.43.